The first kappa shape index (κ1) is 20.2. The first-order chi connectivity index (χ1) is 15.4. The first-order valence-electron chi connectivity index (χ1n) is 10.0. The van der Waals surface area contributed by atoms with Gasteiger partial charge in [0.05, 0.1) is 23.8 Å². The summed E-state index contributed by atoms with van der Waals surface area (Å²) in [5, 5.41) is 0. The maximum atomic E-state index is 14.7. The summed E-state index contributed by atoms with van der Waals surface area (Å²) < 4.78 is 62.3. The number of rotatable bonds is 5. The minimum Gasteiger partial charge on any atom is -0.436 e. The third kappa shape index (κ3) is 3.62. The Kier molecular flexibility index (Phi) is 4.92. The first-order valence-corrected chi connectivity index (χ1v) is 10.0. The van der Waals surface area contributed by atoms with Crippen molar-refractivity contribution in [1.82, 2.24) is 4.98 Å². The van der Waals surface area contributed by atoms with Gasteiger partial charge in [0.1, 0.15) is 23.2 Å². The van der Waals surface area contributed by atoms with Gasteiger partial charge in [0.25, 0.3) is 5.88 Å². The van der Waals surface area contributed by atoms with Crippen LogP contribution in [0.4, 0.5) is 23.2 Å². The van der Waals surface area contributed by atoms with E-state index in [-0.39, 0.29) is 17.4 Å². The second-order valence-corrected chi connectivity index (χ2v) is 7.74. The lowest BCUT2D eigenvalue weighted by atomic mass is 9.96. The van der Waals surface area contributed by atoms with Crippen molar-refractivity contribution in [2.45, 2.75) is 18.9 Å². The van der Waals surface area contributed by atoms with Gasteiger partial charge in [-0.15, -0.1) is 0 Å². The molecule has 8 heteroatoms. The van der Waals surface area contributed by atoms with Gasteiger partial charge in [-0.1, -0.05) is 6.58 Å². The van der Waals surface area contributed by atoms with E-state index in [1.54, 1.807) is 23.1 Å². The van der Waals surface area contributed by atoms with Crippen molar-refractivity contribution in [3.05, 3.63) is 89.6 Å². The minimum absolute atomic E-state index is 0.0198. The molecule has 1 unspecified atom stereocenters. The number of benzene rings is 2. The smallest absolute Gasteiger partial charge is 0.255 e. The van der Waals surface area contributed by atoms with E-state index in [1.807, 2.05) is 0 Å². The molecule has 3 aromatic rings. The molecule has 32 heavy (non-hydrogen) atoms. The number of nitrogens with zero attached hydrogens (tertiary/aromatic N) is 3. The van der Waals surface area contributed by atoms with E-state index in [1.165, 1.54) is 24.7 Å². The van der Waals surface area contributed by atoms with E-state index in [2.05, 4.69) is 16.6 Å². The molecule has 0 N–H and O–H groups in total. The van der Waals surface area contributed by atoms with Gasteiger partial charge in [-0.25, -0.2) is 27.5 Å². The normalized spacial score (nSPS) is 16.1. The molecule has 0 spiro atoms. The summed E-state index contributed by atoms with van der Waals surface area (Å²) in [4.78, 5) is 9.84. The summed E-state index contributed by atoms with van der Waals surface area (Å²) in [6.45, 7) is 3.93. The van der Waals surface area contributed by atoms with Crippen molar-refractivity contribution in [1.29, 1.82) is 0 Å². The Morgan fingerprint density at radius 2 is 1.75 bits per heavy atom. The zero-order valence-corrected chi connectivity index (χ0v) is 16.7. The molecule has 1 fully saturated rings. The Bertz CT molecular complexity index is 1230. The quantitative estimate of drug-likeness (QED) is 0.432. The molecule has 2 aliphatic rings. The molecular formula is C24H17F4N3O. The standard InChI is InChI=1S/C24H17F4N3O/c1-13-17-11-16(32-24-18(26)3-2-8-29-24)6-7-21(17)31(12-30-13)23(14-4-5-14)22-19(27)9-15(25)10-20(22)28/h2-3,6-12,14,23H,1,4-5H2. The summed E-state index contributed by atoms with van der Waals surface area (Å²) in [5.41, 5.74) is 1.39. The predicted octanol–water partition coefficient (Wildman–Crippen LogP) is 6.40. The average molecular weight is 439 g/mol. The predicted molar refractivity (Wildman–Crippen MR) is 112 cm³/mol. The van der Waals surface area contributed by atoms with Crippen molar-refractivity contribution < 1.29 is 22.3 Å². The van der Waals surface area contributed by atoms with Crippen molar-refractivity contribution >= 4 is 17.7 Å². The van der Waals surface area contributed by atoms with Crippen molar-refractivity contribution in [2.24, 2.45) is 10.9 Å². The average Bonchev–Trinajstić information content (AvgIpc) is 3.58. The maximum Gasteiger partial charge on any atom is 0.255 e. The maximum absolute atomic E-state index is 14.7. The lowest BCUT2D eigenvalue weighted by Gasteiger charge is -2.35. The van der Waals surface area contributed by atoms with Crippen LogP contribution in [0.1, 0.15) is 30.0 Å². The van der Waals surface area contributed by atoms with E-state index in [0.717, 1.165) is 12.8 Å². The lowest BCUT2D eigenvalue weighted by Crippen LogP contribution is -2.32. The highest BCUT2D eigenvalue weighted by Gasteiger charge is 2.41. The lowest BCUT2D eigenvalue weighted by molar-refractivity contribution is 0.422. The zero-order chi connectivity index (χ0) is 22.4. The van der Waals surface area contributed by atoms with Crippen LogP contribution in [0.15, 0.2) is 60.2 Å². The van der Waals surface area contributed by atoms with Gasteiger partial charge in [0, 0.05) is 29.5 Å². The van der Waals surface area contributed by atoms with Gasteiger partial charge in [0.2, 0.25) is 0 Å². The summed E-state index contributed by atoms with van der Waals surface area (Å²) in [5.74, 6) is -3.35. The van der Waals surface area contributed by atoms with Gasteiger partial charge >= 0.3 is 0 Å². The van der Waals surface area contributed by atoms with Crippen LogP contribution < -0.4 is 9.64 Å². The molecule has 1 aromatic heterocycles. The van der Waals surface area contributed by atoms with Gasteiger partial charge in [-0.05, 0) is 49.1 Å². The Morgan fingerprint density at radius 1 is 1.00 bits per heavy atom. The SMILES string of the molecule is C=C1N=CN(C(c2c(F)cc(F)cc2F)C2CC2)c2ccc(Oc3ncccc3F)cc21. The summed E-state index contributed by atoms with van der Waals surface area (Å²) in [6, 6.07) is 8.28. The van der Waals surface area contributed by atoms with E-state index in [4.69, 9.17) is 4.74 Å². The third-order valence-corrected chi connectivity index (χ3v) is 5.54. The summed E-state index contributed by atoms with van der Waals surface area (Å²) in [6.07, 6.45) is 4.45. The van der Waals surface area contributed by atoms with Gasteiger partial charge in [-0.3, -0.25) is 0 Å². The number of hydrogen-bond donors (Lipinski definition) is 0. The molecule has 0 saturated heterocycles. The van der Waals surface area contributed by atoms with Crippen molar-refractivity contribution in [3.8, 4) is 11.6 Å². The molecule has 162 valence electrons. The molecule has 4 nitrogen and oxygen atoms in total. The summed E-state index contributed by atoms with van der Waals surface area (Å²) >= 11 is 0. The Morgan fingerprint density at radius 3 is 2.44 bits per heavy atom. The number of halogens is 4. The molecule has 2 heterocycles. The number of ether oxygens (including phenoxy) is 1. The topological polar surface area (TPSA) is 37.7 Å². The van der Waals surface area contributed by atoms with Gasteiger partial charge in [-0.2, -0.15) is 0 Å². The van der Waals surface area contributed by atoms with Crippen LogP contribution in [-0.2, 0) is 0 Å². The van der Waals surface area contributed by atoms with Crippen LogP contribution in [0.25, 0.3) is 5.70 Å². The van der Waals surface area contributed by atoms with Crippen LogP contribution in [0.5, 0.6) is 11.6 Å². The molecular weight excluding hydrogens is 422 g/mol. The fourth-order valence-electron chi connectivity index (χ4n) is 3.93. The molecule has 0 amide bonds. The molecule has 1 saturated carbocycles. The molecule has 0 bridgehead atoms. The number of pyridine rings is 1. The second-order valence-electron chi connectivity index (χ2n) is 7.74. The fourth-order valence-corrected chi connectivity index (χ4v) is 3.93. The molecule has 1 atom stereocenters. The number of aromatic nitrogens is 1. The summed E-state index contributed by atoms with van der Waals surface area (Å²) in [7, 11) is 0. The highest BCUT2D eigenvalue weighted by atomic mass is 19.1. The van der Waals surface area contributed by atoms with Crippen molar-refractivity contribution in [3.63, 3.8) is 0 Å². The number of aliphatic imine (C=N–C) groups is 1. The molecule has 0 radical (unpaired) electrons. The van der Waals surface area contributed by atoms with Gasteiger partial charge in [0.15, 0.2) is 5.82 Å². The van der Waals surface area contributed by atoms with Crippen LogP contribution in [-0.4, -0.2) is 11.3 Å². The van der Waals surface area contributed by atoms with Crippen LogP contribution in [0.2, 0.25) is 0 Å². The molecule has 1 aliphatic heterocycles. The van der Waals surface area contributed by atoms with Crippen LogP contribution >= 0.6 is 0 Å². The minimum atomic E-state index is -0.970. The zero-order valence-electron chi connectivity index (χ0n) is 16.7. The second kappa shape index (κ2) is 7.78. The third-order valence-electron chi connectivity index (χ3n) is 5.54. The molecule has 1 aliphatic carbocycles. The number of anilines is 1. The number of hydrogen-bond acceptors (Lipinski definition) is 4. The largest absolute Gasteiger partial charge is 0.436 e. The van der Waals surface area contributed by atoms with Crippen molar-refractivity contribution in [2.75, 3.05) is 4.90 Å². The Hall–Kier alpha value is -3.68. The number of fused-ring (bicyclic) bond motifs is 1. The fraction of sp³-hybridized carbons (Fsp3) is 0.167. The molecule has 5 rings (SSSR count). The Balaban J connectivity index is 1.55. The molecule has 2 aromatic carbocycles. The van der Waals surface area contributed by atoms with E-state index in [9.17, 15) is 17.6 Å². The Labute approximate surface area is 181 Å². The van der Waals surface area contributed by atoms with Crippen LogP contribution in [0, 0.1) is 29.2 Å². The highest BCUT2D eigenvalue weighted by Crippen LogP contribution is 2.49. The van der Waals surface area contributed by atoms with E-state index >= 15 is 0 Å². The van der Waals surface area contributed by atoms with Gasteiger partial charge < -0.3 is 9.64 Å². The monoisotopic (exact) mass is 439 g/mol. The van der Waals surface area contributed by atoms with E-state index < -0.39 is 29.3 Å². The highest BCUT2D eigenvalue weighted by molar-refractivity contribution is 5.95. The van der Waals surface area contributed by atoms with Crippen LogP contribution in [0.3, 0.4) is 0 Å². The van der Waals surface area contributed by atoms with E-state index in [0.29, 0.717) is 34.8 Å².